The van der Waals surface area contributed by atoms with Gasteiger partial charge < -0.3 is 16.0 Å². The number of alkyl halides is 3. The summed E-state index contributed by atoms with van der Waals surface area (Å²) in [5.74, 6) is 1.38. The van der Waals surface area contributed by atoms with Crippen molar-refractivity contribution in [2.45, 2.75) is 37.3 Å². The Balaban J connectivity index is 0.000000215. The summed E-state index contributed by atoms with van der Waals surface area (Å²) >= 11 is 1.60. The Kier molecular flexibility index (Phi) is 11.1. The summed E-state index contributed by atoms with van der Waals surface area (Å²) in [5.41, 5.74) is 6.93. The molecule has 4 N–H and O–H groups in total. The van der Waals surface area contributed by atoms with Crippen molar-refractivity contribution < 1.29 is 27.6 Å². The van der Waals surface area contributed by atoms with Gasteiger partial charge in [-0.05, 0) is 11.6 Å². The zero-order valence-electron chi connectivity index (χ0n) is 20.1. The summed E-state index contributed by atoms with van der Waals surface area (Å²) in [4.78, 5) is 43.2. The Morgan fingerprint density at radius 3 is 2.54 bits per heavy atom. The second-order valence-corrected chi connectivity index (χ2v) is 8.59. The molecule has 10 nitrogen and oxygen atoms in total. The third kappa shape index (κ3) is 9.91. The van der Waals surface area contributed by atoms with Crippen LogP contribution in [0, 0.1) is 0 Å². The molecule has 3 heterocycles. The van der Waals surface area contributed by atoms with E-state index in [2.05, 4.69) is 25.5 Å². The number of thioether (sulfide) groups is 1. The van der Waals surface area contributed by atoms with Crippen LogP contribution in [0.25, 0.3) is 0 Å². The monoisotopic (exact) mass is 537 g/mol. The Morgan fingerprint density at radius 2 is 1.97 bits per heavy atom. The van der Waals surface area contributed by atoms with Crippen molar-refractivity contribution in [1.29, 1.82) is 0 Å². The van der Waals surface area contributed by atoms with Crippen molar-refractivity contribution in [3.8, 4) is 0 Å². The average Bonchev–Trinajstić information content (AvgIpc) is 3.28. The number of aromatic nitrogens is 4. The van der Waals surface area contributed by atoms with E-state index in [9.17, 15) is 27.6 Å². The second-order valence-electron chi connectivity index (χ2n) is 7.45. The molecule has 0 spiro atoms. The van der Waals surface area contributed by atoms with E-state index >= 15 is 0 Å². The minimum absolute atomic E-state index is 0.0286. The molecule has 0 unspecified atom stereocenters. The number of carbonyl (C=O) groups is 3. The highest BCUT2D eigenvalue weighted by atomic mass is 32.2. The van der Waals surface area contributed by atoms with Gasteiger partial charge in [0.05, 0.1) is 11.9 Å². The van der Waals surface area contributed by atoms with E-state index in [0.717, 1.165) is 28.8 Å². The fraction of sp³-hybridized carbons (Fsp3) is 0.304. The van der Waals surface area contributed by atoms with E-state index in [1.165, 1.54) is 0 Å². The van der Waals surface area contributed by atoms with Gasteiger partial charge in [0.15, 0.2) is 0 Å². The number of fused-ring (bicyclic) bond motifs is 1. The van der Waals surface area contributed by atoms with Crippen molar-refractivity contribution in [3.05, 3.63) is 59.8 Å². The van der Waals surface area contributed by atoms with E-state index in [1.807, 2.05) is 30.3 Å². The molecule has 4 rings (SSSR count). The number of hydrogen-bond acceptors (Lipinski definition) is 7. The molecule has 0 bridgehead atoms. The van der Waals surface area contributed by atoms with E-state index in [-0.39, 0.29) is 11.7 Å². The van der Waals surface area contributed by atoms with Gasteiger partial charge in [-0.2, -0.15) is 13.2 Å². The maximum Gasteiger partial charge on any atom is 0.388 e. The number of nitrogens with two attached hydrogens (primary N) is 1. The molecule has 1 aliphatic heterocycles. The summed E-state index contributed by atoms with van der Waals surface area (Å²) in [7, 11) is 1.74. The van der Waals surface area contributed by atoms with Gasteiger partial charge in [0.25, 0.3) is 5.91 Å². The van der Waals surface area contributed by atoms with E-state index in [4.69, 9.17) is 5.73 Å². The van der Waals surface area contributed by atoms with Gasteiger partial charge in [-0.1, -0.05) is 37.3 Å². The van der Waals surface area contributed by atoms with Crippen LogP contribution in [-0.4, -0.2) is 57.4 Å². The first-order valence-electron chi connectivity index (χ1n) is 10.9. The number of aromatic amines is 1. The Labute approximate surface area is 215 Å². The van der Waals surface area contributed by atoms with Crippen LogP contribution in [0.1, 0.15) is 41.8 Å². The zero-order valence-corrected chi connectivity index (χ0v) is 20.9. The highest BCUT2D eigenvalue weighted by molar-refractivity contribution is 7.99. The predicted molar refractivity (Wildman–Crippen MR) is 133 cm³/mol. The average molecular weight is 538 g/mol. The third-order valence-electron chi connectivity index (χ3n) is 4.73. The van der Waals surface area contributed by atoms with Crippen LogP contribution in [0.2, 0.25) is 0 Å². The number of benzene rings is 1. The molecule has 0 saturated heterocycles. The first kappa shape index (κ1) is 29.3. The highest BCUT2D eigenvalue weighted by Crippen LogP contribution is 2.34. The van der Waals surface area contributed by atoms with Crippen molar-refractivity contribution in [1.82, 2.24) is 20.2 Å². The first-order chi connectivity index (χ1) is 17.5. The van der Waals surface area contributed by atoms with Gasteiger partial charge in [0, 0.05) is 37.0 Å². The fourth-order valence-corrected chi connectivity index (χ4v) is 3.79. The lowest BCUT2D eigenvalue weighted by molar-refractivity contribution is -0.130. The van der Waals surface area contributed by atoms with E-state index in [1.54, 1.807) is 36.0 Å². The summed E-state index contributed by atoms with van der Waals surface area (Å²) in [6, 6.07) is 11.6. The Bertz CT molecular complexity index is 1190. The number of anilines is 2. The number of halogens is 3. The van der Waals surface area contributed by atoms with Crippen molar-refractivity contribution in [3.63, 3.8) is 0 Å². The highest BCUT2D eigenvalue weighted by Gasteiger charge is 2.22. The molecule has 3 amide bonds. The molecule has 0 radical (unpaired) electrons. The van der Waals surface area contributed by atoms with Gasteiger partial charge in [-0.3, -0.25) is 19.5 Å². The van der Waals surface area contributed by atoms with Gasteiger partial charge in [-0.15, -0.1) is 16.9 Å². The molecule has 0 fully saturated rings. The lowest BCUT2D eigenvalue weighted by atomic mass is 10.1. The summed E-state index contributed by atoms with van der Waals surface area (Å²) in [5, 5.41) is 8.87. The van der Waals surface area contributed by atoms with Crippen LogP contribution < -0.4 is 16.0 Å². The van der Waals surface area contributed by atoms with Crippen LogP contribution in [0.3, 0.4) is 0 Å². The molecule has 0 aliphatic carbocycles. The maximum absolute atomic E-state index is 11.6. The Hall–Kier alpha value is -3.94. The molecular weight excluding hydrogens is 511 g/mol. The van der Waals surface area contributed by atoms with E-state index in [0.29, 0.717) is 30.9 Å². The minimum atomic E-state index is -3.96. The van der Waals surface area contributed by atoms with Crippen LogP contribution in [0.5, 0.6) is 0 Å². The lowest BCUT2D eigenvalue weighted by Crippen LogP contribution is -2.25. The quantitative estimate of drug-likeness (QED) is 0.422. The van der Waals surface area contributed by atoms with Gasteiger partial charge in [0.2, 0.25) is 18.1 Å². The van der Waals surface area contributed by atoms with Crippen LogP contribution in [-0.2, 0) is 16.0 Å². The molecule has 37 heavy (non-hydrogen) atoms. The van der Waals surface area contributed by atoms with Gasteiger partial charge >= 0.3 is 6.18 Å². The smallest absolute Gasteiger partial charge is 0.363 e. The molecule has 2 aromatic heterocycles. The normalized spacial score (nSPS) is 12.7. The standard InChI is InChI=1S/C10H10N4O.C10H11N3O2S.C3H5F3/c11-9(15)10-12-8(13-14-10)6-7-4-2-1-3-5-7;1-13-7-5-11-9(12-6-14)4-8(7)16-3-2-10(13)15;1-2-3(4,5)6/h1-5H,6H2,(H2,11,15)(H,12,13,14);4-6H,2-3H2,1H3,(H,11,12,14);2H2,1H3. The maximum atomic E-state index is 11.6. The van der Waals surface area contributed by atoms with Crippen LogP contribution in [0.4, 0.5) is 24.7 Å². The summed E-state index contributed by atoms with van der Waals surface area (Å²) < 4.78 is 32.4. The molecule has 0 atom stereocenters. The minimum Gasteiger partial charge on any atom is -0.363 e. The molecular formula is C23H26F3N7O3S. The fourth-order valence-electron chi connectivity index (χ4n) is 2.76. The number of rotatable bonds is 5. The number of hydrogen-bond donors (Lipinski definition) is 3. The lowest BCUT2D eigenvalue weighted by Gasteiger charge is -2.16. The topological polar surface area (TPSA) is 147 Å². The van der Waals surface area contributed by atoms with Crippen molar-refractivity contribution in [2.75, 3.05) is 23.0 Å². The number of carbonyl (C=O) groups excluding carboxylic acids is 3. The van der Waals surface area contributed by atoms with Crippen LogP contribution >= 0.6 is 11.8 Å². The van der Waals surface area contributed by atoms with Gasteiger partial charge in [-0.25, -0.2) is 9.97 Å². The zero-order chi connectivity index (χ0) is 27.4. The number of H-pyrrole nitrogens is 1. The SMILES string of the molecule is CCC(F)(F)F.CN1C(=O)CCSc2cc(NC=O)ncc21.NC(=O)c1n[nH]c(Cc2ccccc2)n1. The van der Waals surface area contributed by atoms with Gasteiger partial charge in [0.1, 0.15) is 11.6 Å². The van der Waals surface area contributed by atoms with Crippen molar-refractivity contribution >= 4 is 41.5 Å². The summed E-state index contributed by atoms with van der Waals surface area (Å²) in [6.07, 6.45) is -1.36. The van der Waals surface area contributed by atoms with E-state index < -0.39 is 18.5 Å². The molecule has 1 aliphatic rings. The molecule has 3 aromatic rings. The van der Waals surface area contributed by atoms with Crippen molar-refractivity contribution in [2.24, 2.45) is 5.73 Å². The molecule has 0 saturated carbocycles. The Morgan fingerprint density at radius 1 is 1.30 bits per heavy atom. The number of pyridine rings is 1. The molecule has 1 aromatic carbocycles. The van der Waals surface area contributed by atoms with Crippen LogP contribution in [0.15, 0.2) is 47.5 Å². The number of nitrogens with one attached hydrogen (secondary N) is 2. The first-order valence-corrected chi connectivity index (χ1v) is 11.9. The second kappa shape index (κ2) is 14.0. The largest absolute Gasteiger partial charge is 0.388 e. The third-order valence-corrected chi connectivity index (χ3v) is 5.78. The molecule has 198 valence electrons. The number of nitrogens with zero attached hydrogens (tertiary/aromatic N) is 4. The number of amides is 3. The number of primary amides is 1. The predicted octanol–water partition coefficient (Wildman–Crippen LogP) is 3.56. The molecule has 14 heteroatoms. The summed E-state index contributed by atoms with van der Waals surface area (Å²) in [6.45, 7) is 1.08.